The molecule has 0 aromatic heterocycles. The van der Waals surface area contributed by atoms with Crippen molar-refractivity contribution in [1.82, 2.24) is 4.90 Å². The van der Waals surface area contributed by atoms with Gasteiger partial charge in [0.1, 0.15) is 0 Å². The molecule has 0 atom stereocenters. The highest BCUT2D eigenvalue weighted by Gasteiger charge is 2.20. The molecular weight excluding hydrogens is 206 g/mol. The molecule has 1 amide bonds. The number of amides is 1. The number of hydrogen-bond acceptors (Lipinski definition) is 3. The van der Waals surface area contributed by atoms with E-state index in [9.17, 15) is 4.79 Å². The van der Waals surface area contributed by atoms with Crippen molar-refractivity contribution in [2.75, 3.05) is 26.8 Å². The summed E-state index contributed by atoms with van der Waals surface area (Å²) in [6, 6.07) is 7.32. The first kappa shape index (κ1) is 10.8. The molecule has 1 aliphatic rings. The Morgan fingerprint density at radius 1 is 1.31 bits per heavy atom. The minimum absolute atomic E-state index is 0.0390. The highest BCUT2D eigenvalue weighted by atomic mass is 16.5. The number of ether oxygens (including phenoxy) is 2. The van der Waals surface area contributed by atoms with Crippen LogP contribution in [0.5, 0.6) is 11.5 Å². The van der Waals surface area contributed by atoms with E-state index in [4.69, 9.17) is 9.47 Å². The summed E-state index contributed by atoms with van der Waals surface area (Å²) in [4.78, 5) is 13.3. The summed E-state index contributed by atoms with van der Waals surface area (Å²) in [6.45, 7) is 1.79. The van der Waals surface area contributed by atoms with E-state index in [2.05, 4.69) is 0 Å². The molecule has 0 N–H and O–H groups in total. The van der Waals surface area contributed by atoms with Gasteiger partial charge in [0, 0.05) is 13.1 Å². The predicted octanol–water partition coefficient (Wildman–Crippen LogP) is 1.31. The largest absolute Gasteiger partial charge is 0.493 e. The fourth-order valence-corrected chi connectivity index (χ4v) is 1.53. The summed E-state index contributed by atoms with van der Waals surface area (Å²) in [5.41, 5.74) is 0. The van der Waals surface area contributed by atoms with E-state index in [0.29, 0.717) is 11.5 Å². The third-order valence-electron chi connectivity index (χ3n) is 2.63. The second-order valence-corrected chi connectivity index (χ2v) is 3.67. The Bertz CT molecular complexity index is 374. The van der Waals surface area contributed by atoms with Crippen LogP contribution in [0.15, 0.2) is 24.3 Å². The molecule has 1 aromatic rings. The molecule has 1 aromatic carbocycles. The lowest BCUT2D eigenvalue weighted by Gasteiger charge is -2.30. The van der Waals surface area contributed by atoms with Gasteiger partial charge in [0.2, 0.25) is 0 Å². The highest BCUT2D eigenvalue weighted by molar-refractivity contribution is 5.78. The molecule has 0 radical (unpaired) electrons. The van der Waals surface area contributed by atoms with Crippen LogP contribution in [-0.4, -0.2) is 37.6 Å². The molecule has 0 bridgehead atoms. The summed E-state index contributed by atoms with van der Waals surface area (Å²) in [5, 5.41) is 0. The van der Waals surface area contributed by atoms with Crippen molar-refractivity contribution < 1.29 is 14.3 Å². The second-order valence-electron chi connectivity index (χ2n) is 3.67. The third-order valence-corrected chi connectivity index (χ3v) is 2.63. The number of hydrogen-bond donors (Lipinski definition) is 0. The number of carbonyl (C=O) groups is 1. The van der Waals surface area contributed by atoms with Crippen molar-refractivity contribution in [2.24, 2.45) is 0 Å². The Morgan fingerprint density at radius 3 is 2.56 bits per heavy atom. The van der Waals surface area contributed by atoms with Crippen LogP contribution >= 0.6 is 0 Å². The van der Waals surface area contributed by atoms with Gasteiger partial charge in [0.25, 0.3) is 5.91 Å². The summed E-state index contributed by atoms with van der Waals surface area (Å²) in [5.74, 6) is 1.30. The van der Waals surface area contributed by atoms with E-state index in [1.165, 1.54) is 0 Å². The normalized spacial score (nSPS) is 14.2. The lowest BCUT2D eigenvalue weighted by molar-refractivity contribution is -0.136. The molecule has 0 unspecified atom stereocenters. The quantitative estimate of drug-likeness (QED) is 0.769. The van der Waals surface area contributed by atoms with Gasteiger partial charge < -0.3 is 14.4 Å². The van der Waals surface area contributed by atoms with Crippen LogP contribution in [0, 0.1) is 0 Å². The van der Waals surface area contributed by atoms with Gasteiger partial charge >= 0.3 is 0 Å². The molecule has 0 spiro atoms. The van der Waals surface area contributed by atoms with Crippen molar-refractivity contribution in [3.05, 3.63) is 24.3 Å². The molecular formula is C12H15NO3. The van der Waals surface area contributed by atoms with Crippen LogP contribution in [0.4, 0.5) is 0 Å². The van der Waals surface area contributed by atoms with Crippen LogP contribution in [0.25, 0.3) is 0 Å². The summed E-state index contributed by atoms with van der Waals surface area (Å²) < 4.78 is 10.6. The SMILES string of the molecule is COc1ccccc1OCC(=O)N1CCC1. The van der Waals surface area contributed by atoms with Crippen molar-refractivity contribution in [3.8, 4) is 11.5 Å². The average Bonchev–Trinajstić information content (AvgIpc) is 2.24. The first-order valence-corrected chi connectivity index (χ1v) is 5.35. The number of rotatable bonds is 4. The number of para-hydroxylation sites is 2. The zero-order valence-electron chi connectivity index (χ0n) is 9.31. The molecule has 4 nitrogen and oxygen atoms in total. The Labute approximate surface area is 94.8 Å². The van der Waals surface area contributed by atoms with E-state index in [0.717, 1.165) is 19.5 Å². The van der Waals surface area contributed by atoms with E-state index in [1.807, 2.05) is 18.2 Å². The van der Waals surface area contributed by atoms with Gasteiger partial charge in [-0.2, -0.15) is 0 Å². The van der Waals surface area contributed by atoms with Crippen LogP contribution in [0.1, 0.15) is 6.42 Å². The lowest BCUT2D eigenvalue weighted by Crippen LogP contribution is -2.44. The topological polar surface area (TPSA) is 38.8 Å². The van der Waals surface area contributed by atoms with Gasteiger partial charge in [-0.1, -0.05) is 12.1 Å². The number of nitrogens with zero attached hydrogens (tertiary/aromatic N) is 1. The third kappa shape index (κ3) is 2.27. The highest BCUT2D eigenvalue weighted by Crippen LogP contribution is 2.25. The zero-order valence-corrected chi connectivity index (χ0v) is 9.31. The molecule has 0 aliphatic carbocycles. The minimum Gasteiger partial charge on any atom is -0.493 e. The van der Waals surface area contributed by atoms with Gasteiger partial charge in [-0.25, -0.2) is 0 Å². The lowest BCUT2D eigenvalue weighted by atomic mass is 10.2. The maximum atomic E-state index is 11.6. The first-order valence-electron chi connectivity index (χ1n) is 5.35. The van der Waals surface area contributed by atoms with Gasteiger partial charge in [-0.3, -0.25) is 4.79 Å². The number of likely N-dealkylation sites (tertiary alicyclic amines) is 1. The van der Waals surface area contributed by atoms with E-state index in [-0.39, 0.29) is 12.5 Å². The van der Waals surface area contributed by atoms with Crippen molar-refractivity contribution in [1.29, 1.82) is 0 Å². The second kappa shape index (κ2) is 4.88. The number of methoxy groups -OCH3 is 1. The average molecular weight is 221 g/mol. The van der Waals surface area contributed by atoms with Crippen molar-refractivity contribution >= 4 is 5.91 Å². The monoisotopic (exact) mass is 221 g/mol. The van der Waals surface area contributed by atoms with E-state index in [1.54, 1.807) is 18.1 Å². The van der Waals surface area contributed by atoms with Gasteiger partial charge in [-0.15, -0.1) is 0 Å². The maximum absolute atomic E-state index is 11.6. The van der Waals surface area contributed by atoms with Gasteiger partial charge in [-0.05, 0) is 18.6 Å². The molecule has 4 heteroatoms. The van der Waals surface area contributed by atoms with Gasteiger partial charge in [0.15, 0.2) is 18.1 Å². The minimum atomic E-state index is 0.0390. The van der Waals surface area contributed by atoms with Gasteiger partial charge in [0.05, 0.1) is 7.11 Å². The molecule has 1 heterocycles. The fourth-order valence-electron chi connectivity index (χ4n) is 1.53. The molecule has 16 heavy (non-hydrogen) atoms. The Kier molecular flexibility index (Phi) is 3.29. The molecule has 2 rings (SSSR count). The molecule has 1 saturated heterocycles. The smallest absolute Gasteiger partial charge is 0.260 e. The number of benzene rings is 1. The first-order chi connectivity index (χ1) is 7.81. The zero-order chi connectivity index (χ0) is 11.4. The molecule has 1 fully saturated rings. The standard InChI is InChI=1S/C12H15NO3/c1-15-10-5-2-3-6-11(10)16-9-12(14)13-7-4-8-13/h2-3,5-6H,4,7-9H2,1H3. The van der Waals surface area contributed by atoms with Crippen molar-refractivity contribution in [3.63, 3.8) is 0 Å². The fraction of sp³-hybridized carbons (Fsp3) is 0.417. The molecule has 1 aliphatic heterocycles. The summed E-state index contributed by atoms with van der Waals surface area (Å²) in [6.07, 6.45) is 1.10. The molecule has 0 saturated carbocycles. The van der Waals surface area contributed by atoms with Crippen molar-refractivity contribution in [2.45, 2.75) is 6.42 Å². The van der Waals surface area contributed by atoms with E-state index >= 15 is 0 Å². The summed E-state index contributed by atoms with van der Waals surface area (Å²) in [7, 11) is 1.58. The van der Waals surface area contributed by atoms with E-state index < -0.39 is 0 Å². The Balaban J connectivity index is 1.90. The Hall–Kier alpha value is -1.71. The van der Waals surface area contributed by atoms with Crippen LogP contribution in [-0.2, 0) is 4.79 Å². The summed E-state index contributed by atoms with van der Waals surface area (Å²) >= 11 is 0. The molecule has 86 valence electrons. The van der Waals surface area contributed by atoms with Crippen LogP contribution in [0.3, 0.4) is 0 Å². The number of carbonyl (C=O) groups excluding carboxylic acids is 1. The van der Waals surface area contributed by atoms with Crippen LogP contribution in [0.2, 0.25) is 0 Å². The Morgan fingerprint density at radius 2 is 2.00 bits per heavy atom. The predicted molar refractivity (Wildman–Crippen MR) is 59.7 cm³/mol. The van der Waals surface area contributed by atoms with Crippen LogP contribution < -0.4 is 9.47 Å². The maximum Gasteiger partial charge on any atom is 0.260 e.